The summed E-state index contributed by atoms with van der Waals surface area (Å²) in [5, 5.41) is 15.7. The average molecular weight is 411 g/mol. The molecule has 0 amide bonds. The van der Waals surface area contributed by atoms with Gasteiger partial charge in [-0.1, -0.05) is 29.3 Å². The molecule has 6 heteroatoms. The topological polar surface area (TPSA) is 38.0 Å². The Morgan fingerprint density at radius 1 is 1.42 bits per heavy atom. The van der Waals surface area contributed by atoms with Gasteiger partial charge in [0.1, 0.15) is 5.15 Å². The van der Waals surface area contributed by atoms with E-state index in [-0.39, 0.29) is 0 Å². The fourth-order valence-corrected chi connectivity index (χ4v) is 2.71. The summed E-state index contributed by atoms with van der Waals surface area (Å²) < 4.78 is 2.57. The second-order valence-electron chi connectivity index (χ2n) is 4.37. The quantitative estimate of drug-likeness (QED) is 0.779. The molecule has 0 aliphatic rings. The number of halogens is 3. The lowest BCUT2D eigenvalue weighted by atomic mass is 10.0. The van der Waals surface area contributed by atoms with Crippen molar-refractivity contribution in [2.45, 2.75) is 19.4 Å². The molecule has 0 bridgehead atoms. The number of aliphatic hydroxyl groups is 1. The first-order valence-corrected chi connectivity index (χ1v) is 7.54. The van der Waals surface area contributed by atoms with Gasteiger partial charge in [0.05, 0.1) is 16.8 Å². The SMILES string of the molecule is Cc1nn(C)c(Cl)c1CC(O)c1ccc(I)c(Cl)c1. The smallest absolute Gasteiger partial charge is 0.130 e. The van der Waals surface area contributed by atoms with Crippen LogP contribution in [0.1, 0.15) is 22.9 Å². The van der Waals surface area contributed by atoms with Crippen molar-refractivity contribution in [3.8, 4) is 0 Å². The second-order valence-corrected chi connectivity index (χ2v) is 6.30. The molecule has 0 spiro atoms. The summed E-state index contributed by atoms with van der Waals surface area (Å²) in [5.41, 5.74) is 2.49. The summed E-state index contributed by atoms with van der Waals surface area (Å²) in [7, 11) is 1.78. The van der Waals surface area contributed by atoms with Gasteiger partial charge in [0.2, 0.25) is 0 Å². The van der Waals surface area contributed by atoms with E-state index in [2.05, 4.69) is 27.7 Å². The number of aliphatic hydroxyl groups excluding tert-OH is 1. The lowest BCUT2D eigenvalue weighted by Crippen LogP contribution is -2.03. The van der Waals surface area contributed by atoms with E-state index in [1.165, 1.54) is 0 Å². The van der Waals surface area contributed by atoms with Crippen molar-refractivity contribution in [2.75, 3.05) is 0 Å². The van der Waals surface area contributed by atoms with Gasteiger partial charge in [0, 0.05) is 22.6 Å². The van der Waals surface area contributed by atoms with E-state index < -0.39 is 6.10 Å². The van der Waals surface area contributed by atoms with Crippen molar-refractivity contribution < 1.29 is 5.11 Å². The first kappa shape index (κ1) is 15.1. The van der Waals surface area contributed by atoms with E-state index in [1.54, 1.807) is 17.8 Å². The molecule has 0 saturated heterocycles. The number of nitrogens with zero attached hydrogens (tertiary/aromatic N) is 2. The van der Waals surface area contributed by atoms with E-state index >= 15 is 0 Å². The molecular formula is C13H13Cl2IN2O. The molecule has 2 aromatic rings. The maximum absolute atomic E-state index is 10.3. The summed E-state index contributed by atoms with van der Waals surface area (Å²) in [4.78, 5) is 0. The highest BCUT2D eigenvalue weighted by atomic mass is 127. The van der Waals surface area contributed by atoms with Crippen LogP contribution in [0.2, 0.25) is 10.2 Å². The third-order valence-corrected chi connectivity index (χ3v) is 5.04. The largest absolute Gasteiger partial charge is 0.388 e. The fourth-order valence-electron chi connectivity index (χ4n) is 1.94. The lowest BCUT2D eigenvalue weighted by molar-refractivity contribution is 0.178. The number of hydrogen-bond acceptors (Lipinski definition) is 2. The van der Waals surface area contributed by atoms with Gasteiger partial charge < -0.3 is 5.11 Å². The minimum Gasteiger partial charge on any atom is -0.388 e. The molecule has 3 nitrogen and oxygen atoms in total. The number of benzene rings is 1. The van der Waals surface area contributed by atoms with Gasteiger partial charge in [-0.3, -0.25) is 4.68 Å². The van der Waals surface area contributed by atoms with Crippen molar-refractivity contribution in [1.82, 2.24) is 9.78 Å². The Kier molecular flexibility index (Phi) is 4.76. The van der Waals surface area contributed by atoms with E-state index in [9.17, 15) is 5.11 Å². The van der Waals surface area contributed by atoms with Gasteiger partial charge in [0.25, 0.3) is 0 Å². The van der Waals surface area contributed by atoms with E-state index in [4.69, 9.17) is 23.2 Å². The molecule has 2 rings (SSSR count). The van der Waals surface area contributed by atoms with Gasteiger partial charge >= 0.3 is 0 Å². The predicted molar refractivity (Wildman–Crippen MR) is 85.8 cm³/mol. The Bertz CT molecular complexity index is 613. The number of rotatable bonds is 3. The molecule has 0 aliphatic heterocycles. The Hall–Kier alpha value is -0.300. The number of aromatic nitrogens is 2. The summed E-state index contributed by atoms with van der Waals surface area (Å²) in [5.74, 6) is 0. The fraction of sp³-hybridized carbons (Fsp3) is 0.308. The van der Waals surface area contributed by atoms with Gasteiger partial charge in [0.15, 0.2) is 0 Å². The molecular weight excluding hydrogens is 398 g/mol. The van der Waals surface area contributed by atoms with Crippen LogP contribution in [0.15, 0.2) is 18.2 Å². The molecule has 1 N–H and O–H groups in total. The lowest BCUT2D eigenvalue weighted by Gasteiger charge is -2.12. The molecule has 1 aromatic carbocycles. The summed E-state index contributed by atoms with van der Waals surface area (Å²) in [6, 6.07) is 5.55. The molecule has 0 saturated carbocycles. The van der Waals surface area contributed by atoms with Crippen LogP contribution in [0.3, 0.4) is 0 Å². The highest BCUT2D eigenvalue weighted by molar-refractivity contribution is 14.1. The normalized spacial score (nSPS) is 12.7. The van der Waals surface area contributed by atoms with Crippen LogP contribution >= 0.6 is 45.8 Å². The van der Waals surface area contributed by atoms with Crippen molar-refractivity contribution in [3.05, 3.63) is 48.8 Å². The first-order valence-electron chi connectivity index (χ1n) is 5.71. The molecule has 0 aliphatic carbocycles. The Morgan fingerprint density at radius 3 is 2.63 bits per heavy atom. The van der Waals surface area contributed by atoms with E-state index in [0.29, 0.717) is 16.6 Å². The van der Waals surface area contributed by atoms with Crippen LogP contribution in [-0.2, 0) is 13.5 Å². The summed E-state index contributed by atoms with van der Waals surface area (Å²) >= 11 is 14.4. The van der Waals surface area contributed by atoms with Crippen molar-refractivity contribution in [1.29, 1.82) is 0 Å². The van der Waals surface area contributed by atoms with Crippen LogP contribution in [0.25, 0.3) is 0 Å². The van der Waals surface area contributed by atoms with E-state index in [1.807, 2.05) is 19.1 Å². The van der Waals surface area contributed by atoms with Crippen LogP contribution in [0.5, 0.6) is 0 Å². The van der Waals surface area contributed by atoms with Crippen molar-refractivity contribution in [3.63, 3.8) is 0 Å². The third-order valence-electron chi connectivity index (χ3n) is 3.00. The van der Waals surface area contributed by atoms with Gasteiger partial charge in [-0.25, -0.2) is 0 Å². The molecule has 1 heterocycles. The Balaban J connectivity index is 2.25. The monoisotopic (exact) mass is 410 g/mol. The van der Waals surface area contributed by atoms with E-state index in [0.717, 1.165) is 20.4 Å². The highest BCUT2D eigenvalue weighted by Crippen LogP contribution is 2.28. The Labute approximate surface area is 135 Å². The standard InChI is InChI=1S/C13H13Cl2IN2O/c1-7-9(13(15)18(2)17-7)6-12(19)8-3-4-11(16)10(14)5-8/h3-5,12,19H,6H2,1-2H3. The maximum atomic E-state index is 10.3. The molecule has 1 unspecified atom stereocenters. The van der Waals surface area contributed by atoms with Gasteiger partial charge in [-0.2, -0.15) is 5.10 Å². The van der Waals surface area contributed by atoms with Gasteiger partial charge in [-0.15, -0.1) is 0 Å². The highest BCUT2D eigenvalue weighted by Gasteiger charge is 2.17. The van der Waals surface area contributed by atoms with Crippen LogP contribution in [0.4, 0.5) is 0 Å². The molecule has 0 fully saturated rings. The zero-order valence-electron chi connectivity index (χ0n) is 10.5. The maximum Gasteiger partial charge on any atom is 0.130 e. The minimum atomic E-state index is -0.644. The molecule has 1 aromatic heterocycles. The second kappa shape index (κ2) is 5.99. The molecule has 0 radical (unpaired) electrons. The van der Waals surface area contributed by atoms with Crippen LogP contribution in [-0.4, -0.2) is 14.9 Å². The zero-order valence-corrected chi connectivity index (χ0v) is 14.2. The van der Waals surface area contributed by atoms with Crippen molar-refractivity contribution >= 4 is 45.8 Å². The third kappa shape index (κ3) is 3.24. The first-order chi connectivity index (χ1) is 8.90. The summed E-state index contributed by atoms with van der Waals surface area (Å²) in [6.07, 6.45) is -0.218. The average Bonchev–Trinajstić information content (AvgIpc) is 2.59. The summed E-state index contributed by atoms with van der Waals surface area (Å²) in [6.45, 7) is 1.88. The molecule has 19 heavy (non-hydrogen) atoms. The van der Waals surface area contributed by atoms with Crippen molar-refractivity contribution in [2.24, 2.45) is 7.05 Å². The number of aryl methyl sites for hydroxylation is 2. The number of hydrogen-bond donors (Lipinski definition) is 1. The minimum absolute atomic E-state index is 0.426. The zero-order chi connectivity index (χ0) is 14.2. The molecule has 1 atom stereocenters. The molecule has 102 valence electrons. The van der Waals surface area contributed by atoms with Gasteiger partial charge in [-0.05, 0) is 47.2 Å². The Morgan fingerprint density at radius 2 is 2.11 bits per heavy atom. The van der Waals surface area contributed by atoms with Crippen LogP contribution < -0.4 is 0 Å². The van der Waals surface area contributed by atoms with Crippen LogP contribution in [0, 0.1) is 10.5 Å². The predicted octanol–water partition coefficient (Wildman–Crippen LogP) is 3.92.